The van der Waals surface area contributed by atoms with Crippen LogP contribution in [0.15, 0.2) is 30.6 Å². The van der Waals surface area contributed by atoms with E-state index in [1.807, 2.05) is 20.2 Å². The number of benzene rings is 1. The third-order valence-electron chi connectivity index (χ3n) is 2.99. The molecule has 0 aliphatic rings. The first-order valence-corrected chi connectivity index (χ1v) is 6.37. The van der Waals surface area contributed by atoms with Crippen LogP contribution in [0.25, 0.3) is 0 Å². The number of methoxy groups -OCH3 is 1. The fourth-order valence-electron chi connectivity index (χ4n) is 1.98. The summed E-state index contributed by atoms with van der Waals surface area (Å²) < 4.78 is 35.8. The van der Waals surface area contributed by atoms with Crippen molar-refractivity contribution in [3.8, 4) is 11.5 Å². The van der Waals surface area contributed by atoms with Crippen LogP contribution in [0.1, 0.15) is 18.5 Å². The number of ether oxygens (including phenoxy) is 2. The lowest BCUT2D eigenvalue weighted by atomic mass is 10.1. The van der Waals surface area contributed by atoms with E-state index >= 15 is 0 Å². The normalized spacial score (nSPS) is 12.3. The molecule has 0 saturated carbocycles. The average Bonchev–Trinajstić information content (AvgIpc) is 2.83. The summed E-state index contributed by atoms with van der Waals surface area (Å²) in [4.78, 5) is 0. The van der Waals surface area contributed by atoms with Crippen molar-refractivity contribution in [1.29, 1.82) is 0 Å². The predicted molar refractivity (Wildman–Crippen MR) is 74.9 cm³/mol. The number of anilines is 1. The summed E-state index contributed by atoms with van der Waals surface area (Å²) in [5.74, 6) is 0.289. The molecule has 0 amide bonds. The minimum absolute atomic E-state index is 0.0184. The minimum atomic E-state index is -2.88. The summed E-state index contributed by atoms with van der Waals surface area (Å²) in [6.45, 7) is -0.925. The lowest BCUT2D eigenvalue weighted by molar-refractivity contribution is -0.0512. The van der Waals surface area contributed by atoms with Gasteiger partial charge in [0.25, 0.3) is 0 Å². The van der Waals surface area contributed by atoms with E-state index in [0.29, 0.717) is 0 Å². The quantitative estimate of drug-likeness (QED) is 0.889. The van der Waals surface area contributed by atoms with Gasteiger partial charge in [-0.15, -0.1) is 0 Å². The van der Waals surface area contributed by atoms with Gasteiger partial charge in [0.1, 0.15) is 0 Å². The van der Waals surface area contributed by atoms with Gasteiger partial charge in [-0.3, -0.25) is 4.68 Å². The van der Waals surface area contributed by atoms with E-state index < -0.39 is 6.61 Å². The fourth-order valence-corrected chi connectivity index (χ4v) is 1.98. The Bertz CT molecular complexity index is 602. The van der Waals surface area contributed by atoms with E-state index in [0.717, 1.165) is 11.3 Å². The molecule has 1 heterocycles. The number of hydrogen-bond acceptors (Lipinski definition) is 4. The van der Waals surface area contributed by atoms with Gasteiger partial charge in [0, 0.05) is 19.3 Å². The predicted octanol–water partition coefficient (Wildman–Crippen LogP) is 3.20. The second-order valence-electron chi connectivity index (χ2n) is 4.56. The van der Waals surface area contributed by atoms with Crippen LogP contribution in [-0.2, 0) is 7.05 Å². The van der Waals surface area contributed by atoms with Crippen molar-refractivity contribution >= 4 is 5.69 Å². The summed E-state index contributed by atoms with van der Waals surface area (Å²) in [5.41, 5.74) is 1.76. The highest BCUT2D eigenvalue weighted by molar-refractivity contribution is 5.47. The van der Waals surface area contributed by atoms with E-state index in [2.05, 4.69) is 15.2 Å². The van der Waals surface area contributed by atoms with Gasteiger partial charge in [-0.1, -0.05) is 6.07 Å². The lowest BCUT2D eigenvalue weighted by Crippen LogP contribution is -2.08. The molecular weight excluding hydrogens is 280 g/mol. The number of aromatic nitrogens is 2. The first-order valence-electron chi connectivity index (χ1n) is 6.37. The molecule has 1 aromatic carbocycles. The van der Waals surface area contributed by atoms with E-state index in [1.165, 1.54) is 13.2 Å². The Morgan fingerprint density at radius 1 is 1.29 bits per heavy atom. The Kier molecular flexibility index (Phi) is 4.62. The minimum Gasteiger partial charge on any atom is -0.493 e. The summed E-state index contributed by atoms with van der Waals surface area (Å²) in [7, 11) is 3.24. The van der Waals surface area contributed by atoms with Crippen LogP contribution in [0.3, 0.4) is 0 Å². The first kappa shape index (κ1) is 15.1. The topological polar surface area (TPSA) is 48.3 Å². The maximum absolute atomic E-state index is 12.3. The van der Waals surface area contributed by atoms with Gasteiger partial charge in [-0.25, -0.2) is 0 Å². The molecule has 114 valence electrons. The molecule has 1 N–H and O–H groups in total. The van der Waals surface area contributed by atoms with E-state index in [1.54, 1.807) is 23.0 Å². The number of nitrogens with one attached hydrogen (secondary N) is 1. The van der Waals surface area contributed by atoms with Crippen LogP contribution in [-0.4, -0.2) is 23.5 Å². The first-order chi connectivity index (χ1) is 9.99. The van der Waals surface area contributed by atoms with E-state index in [-0.39, 0.29) is 17.5 Å². The highest BCUT2D eigenvalue weighted by Gasteiger charge is 2.14. The maximum atomic E-state index is 12.3. The molecule has 2 aromatic rings. The maximum Gasteiger partial charge on any atom is 0.387 e. The zero-order valence-corrected chi connectivity index (χ0v) is 12.0. The van der Waals surface area contributed by atoms with Crippen molar-refractivity contribution in [1.82, 2.24) is 9.78 Å². The molecule has 0 spiro atoms. The van der Waals surface area contributed by atoms with Gasteiger partial charge < -0.3 is 14.8 Å². The van der Waals surface area contributed by atoms with Crippen LogP contribution >= 0.6 is 0 Å². The molecule has 1 unspecified atom stereocenters. The number of nitrogens with zero attached hydrogens (tertiary/aromatic N) is 2. The number of aryl methyl sites for hydroxylation is 1. The number of halogens is 2. The Balaban J connectivity index is 2.15. The van der Waals surface area contributed by atoms with Crippen molar-refractivity contribution in [3.05, 3.63) is 36.2 Å². The monoisotopic (exact) mass is 297 g/mol. The van der Waals surface area contributed by atoms with Crippen LogP contribution in [0.2, 0.25) is 0 Å². The second kappa shape index (κ2) is 6.43. The Labute approximate surface area is 121 Å². The van der Waals surface area contributed by atoms with Crippen LogP contribution in [0, 0.1) is 0 Å². The fraction of sp³-hybridized carbons (Fsp3) is 0.357. The zero-order chi connectivity index (χ0) is 15.4. The SMILES string of the molecule is COc1cc(C(C)Nc2cnn(C)c2)ccc1OC(F)F. The molecule has 0 bridgehead atoms. The van der Waals surface area contributed by atoms with E-state index in [4.69, 9.17) is 4.74 Å². The van der Waals surface area contributed by atoms with Crippen molar-refractivity contribution in [2.45, 2.75) is 19.6 Å². The third kappa shape index (κ3) is 3.84. The molecule has 0 aliphatic carbocycles. The summed E-state index contributed by atoms with van der Waals surface area (Å²) in [5, 5.41) is 7.33. The van der Waals surface area contributed by atoms with Gasteiger partial charge in [-0.05, 0) is 24.6 Å². The van der Waals surface area contributed by atoms with Crippen molar-refractivity contribution in [2.24, 2.45) is 7.05 Å². The molecule has 1 aromatic heterocycles. The smallest absolute Gasteiger partial charge is 0.387 e. The number of rotatable bonds is 6. The van der Waals surface area contributed by atoms with E-state index in [9.17, 15) is 8.78 Å². The third-order valence-corrected chi connectivity index (χ3v) is 2.99. The van der Waals surface area contributed by atoms with Crippen molar-refractivity contribution < 1.29 is 18.3 Å². The number of hydrogen-bond donors (Lipinski definition) is 1. The molecule has 0 aliphatic heterocycles. The van der Waals surface area contributed by atoms with Crippen LogP contribution < -0.4 is 14.8 Å². The Hall–Kier alpha value is -2.31. The molecule has 0 saturated heterocycles. The van der Waals surface area contributed by atoms with Gasteiger partial charge in [0.2, 0.25) is 0 Å². The molecule has 0 radical (unpaired) electrons. The molecule has 1 atom stereocenters. The molecular formula is C14H17F2N3O2. The molecule has 0 fully saturated rings. The molecule has 5 nitrogen and oxygen atoms in total. The average molecular weight is 297 g/mol. The second-order valence-corrected chi connectivity index (χ2v) is 4.56. The van der Waals surface area contributed by atoms with Crippen molar-refractivity contribution in [2.75, 3.05) is 12.4 Å². The van der Waals surface area contributed by atoms with Gasteiger partial charge in [0.05, 0.1) is 19.0 Å². The van der Waals surface area contributed by atoms with Crippen LogP contribution in [0.4, 0.5) is 14.5 Å². The standard InChI is InChI=1S/C14H17F2N3O2/c1-9(18-11-7-17-19(2)8-11)10-4-5-12(21-14(15)16)13(6-10)20-3/h4-9,14,18H,1-3H3. The van der Waals surface area contributed by atoms with Gasteiger partial charge >= 0.3 is 6.61 Å². The summed E-state index contributed by atoms with van der Waals surface area (Å²) in [6.07, 6.45) is 3.56. The summed E-state index contributed by atoms with van der Waals surface area (Å²) in [6, 6.07) is 4.82. The zero-order valence-electron chi connectivity index (χ0n) is 12.0. The largest absolute Gasteiger partial charge is 0.493 e. The molecule has 2 rings (SSSR count). The van der Waals surface area contributed by atoms with Crippen molar-refractivity contribution in [3.63, 3.8) is 0 Å². The van der Waals surface area contributed by atoms with Crippen LogP contribution in [0.5, 0.6) is 11.5 Å². The molecule has 7 heteroatoms. The van der Waals surface area contributed by atoms with Gasteiger partial charge in [-0.2, -0.15) is 13.9 Å². The highest BCUT2D eigenvalue weighted by Crippen LogP contribution is 2.32. The Morgan fingerprint density at radius 3 is 2.62 bits per heavy atom. The summed E-state index contributed by atoms with van der Waals surface area (Å²) >= 11 is 0. The van der Waals surface area contributed by atoms with Gasteiger partial charge in [0.15, 0.2) is 11.5 Å². The lowest BCUT2D eigenvalue weighted by Gasteiger charge is -2.17. The number of alkyl halides is 2. The molecule has 21 heavy (non-hydrogen) atoms. The highest BCUT2D eigenvalue weighted by atomic mass is 19.3. The Morgan fingerprint density at radius 2 is 2.05 bits per heavy atom.